The number of nitrogens with zero attached hydrogens (tertiary/aromatic N) is 5. The fourth-order valence-electron chi connectivity index (χ4n) is 3.61. The van der Waals surface area contributed by atoms with Crippen LogP contribution in [0.4, 0.5) is 5.69 Å². The molecule has 0 unspecified atom stereocenters. The quantitative estimate of drug-likeness (QED) is 0.697. The highest BCUT2D eigenvalue weighted by Gasteiger charge is 2.22. The minimum absolute atomic E-state index is 0.127. The van der Waals surface area contributed by atoms with Gasteiger partial charge in [0.2, 0.25) is 5.91 Å². The Kier molecular flexibility index (Phi) is 4.90. The molecule has 0 aliphatic carbocycles. The van der Waals surface area contributed by atoms with Crippen molar-refractivity contribution in [2.75, 3.05) is 31.1 Å². The molecule has 1 aliphatic rings. The SMILES string of the molecule is Cc1cc(C)n(CC(=O)N2CCN(c3ccc(-c4cnc(C)o4)cc3)CC2)n1. The van der Waals surface area contributed by atoms with Gasteiger partial charge in [0.05, 0.1) is 11.9 Å². The summed E-state index contributed by atoms with van der Waals surface area (Å²) >= 11 is 0. The molecule has 1 aliphatic heterocycles. The molecule has 3 aromatic rings. The van der Waals surface area contributed by atoms with E-state index >= 15 is 0 Å². The fraction of sp³-hybridized carbons (Fsp3) is 0.381. The molecule has 0 radical (unpaired) electrons. The van der Waals surface area contributed by atoms with E-state index in [0.717, 1.165) is 54.6 Å². The highest BCUT2D eigenvalue weighted by atomic mass is 16.4. The van der Waals surface area contributed by atoms with Crippen LogP contribution in [0.3, 0.4) is 0 Å². The monoisotopic (exact) mass is 379 g/mol. The van der Waals surface area contributed by atoms with E-state index in [1.54, 1.807) is 10.9 Å². The molecule has 0 saturated carbocycles. The van der Waals surface area contributed by atoms with Crippen molar-refractivity contribution < 1.29 is 9.21 Å². The highest BCUT2D eigenvalue weighted by molar-refractivity contribution is 5.76. The molecule has 1 aromatic carbocycles. The predicted octanol–water partition coefficient (Wildman–Crippen LogP) is 2.81. The second-order valence-corrected chi connectivity index (χ2v) is 7.24. The predicted molar refractivity (Wildman–Crippen MR) is 107 cm³/mol. The maximum absolute atomic E-state index is 12.6. The number of carbonyl (C=O) groups excluding carboxylic acids is 1. The lowest BCUT2D eigenvalue weighted by Gasteiger charge is -2.36. The van der Waals surface area contributed by atoms with E-state index in [1.807, 2.05) is 31.7 Å². The van der Waals surface area contributed by atoms with Crippen molar-refractivity contribution in [1.29, 1.82) is 0 Å². The summed E-state index contributed by atoms with van der Waals surface area (Å²) in [5.74, 6) is 1.57. The molecule has 146 valence electrons. The molecule has 0 N–H and O–H groups in total. The number of piperazine rings is 1. The minimum atomic E-state index is 0.127. The number of amides is 1. The molecule has 0 spiro atoms. The van der Waals surface area contributed by atoms with Crippen LogP contribution in [0.5, 0.6) is 0 Å². The third kappa shape index (κ3) is 3.78. The van der Waals surface area contributed by atoms with Crippen molar-refractivity contribution in [2.24, 2.45) is 0 Å². The highest BCUT2D eigenvalue weighted by Crippen LogP contribution is 2.24. The van der Waals surface area contributed by atoms with Crippen LogP contribution in [0, 0.1) is 20.8 Å². The second-order valence-electron chi connectivity index (χ2n) is 7.24. The standard InChI is InChI=1S/C21H25N5O2/c1-15-12-16(2)26(23-15)14-21(27)25-10-8-24(9-11-25)19-6-4-18(5-7-19)20-13-22-17(3)28-20/h4-7,12-13H,8-11,14H2,1-3H3. The van der Waals surface area contributed by atoms with Gasteiger partial charge in [0.15, 0.2) is 11.7 Å². The summed E-state index contributed by atoms with van der Waals surface area (Å²) in [6, 6.07) is 10.3. The molecule has 0 atom stereocenters. The second kappa shape index (κ2) is 7.50. The van der Waals surface area contributed by atoms with Gasteiger partial charge in [0.1, 0.15) is 6.54 Å². The molecule has 1 amide bonds. The number of anilines is 1. The summed E-state index contributed by atoms with van der Waals surface area (Å²) in [6.07, 6.45) is 1.75. The molecule has 7 nitrogen and oxygen atoms in total. The number of hydrogen-bond donors (Lipinski definition) is 0. The van der Waals surface area contributed by atoms with Crippen molar-refractivity contribution in [3.05, 3.63) is 53.8 Å². The first-order valence-corrected chi connectivity index (χ1v) is 9.56. The topological polar surface area (TPSA) is 67.4 Å². The molecule has 3 heterocycles. The summed E-state index contributed by atoms with van der Waals surface area (Å²) < 4.78 is 7.36. The Morgan fingerprint density at radius 2 is 1.79 bits per heavy atom. The van der Waals surface area contributed by atoms with Crippen LogP contribution in [-0.4, -0.2) is 51.8 Å². The minimum Gasteiger partial charge on any atom is -0.441 e. The largest absolute Gasteiger partial charge is 0.441 e. The van der Waals surface area contributed by atoms with Gasteiger partial charge in [0, 0.05) is 50.0 Å². The number of oxazole rings is 1. The summed E-state index contributed by atoms with van der Waals surface area (Å²) in [5, 5.41) is 4.39. The van der Waals surface area contributed by atoms with E-state index in [2.05, 4.69) is 39.2 Å². The summed E-state index contributed by atoms with van der Waals surface area (Å²) in [4.78, 5) is 21.0. The summed E-state index contributed by atoms with van der Waals surface area (Å²) in [5.41, 5.74) is 4.14. The first kappa shape index (κ1) is 18.3. The number of aromatic nitrogens is 3. The zero-order chi connectivity index (χ0) is 19.7. The van der Waals surface area contributed by atoms with E-state index < -0.39 is 0 Å². The van der Waals surface area contributed by atoms with Crippen molar-refractivity contribution in [3.63, 3.8) is 0 Å². The van der Waals surface area contributed by atoms with Gasteiger partial charge >= 0.3 is 0 Å². The Morgan fingerprint density at radius 1 is 1.07 bits per heavy atom. The van der Waals surface area contributed by atoms with Crippen molar-refractivity contribution in [1.82, 2.24) is 19.7 Å². The Balaban J connectivity index is 1.34. The first-order chi connectivity index (χ1) is 13.5. The number of carbonyl (C=O) groups is 1. The zero-order valence-electron chi connectivity index (χ0n) is 16.6. The van der Waals surface area contributed by atoms with Gasteiger partial charge < -0.3 is 14.2 Å². The Morgan fingerprint density at radius 3 is 2.36 bits per heavy atom. The van der Waals surface area contributed by atoms with Gasteiger partial charge in [-0.2, -0.15) is 5.10 Å². The van der Waals surface area contributed by atoms with Crippen molar-refractivity contribution in [2.45, 2.75) is 27.3 Å². The van der Waals surface area contributed by atoms with Gasteiger partial charge in [-0.15, -0.1) is 0 Å². The molecule has 1 saturated heterocycles. The Hall–Kier alpha value is -3.09. The van der Waals surface area contributed by atoms with E-state index in [-0.39, 0.29) is 5.91 Å². The van der Waals surface area contributed by atoms with Crippen molar-refractivity contribution >= 4 is 11.6 Å². The third-order valence-electron chi connectivity index (χ3n) is 5.16. The molecule has 2 aromatic heterocycles. The zero-order valence-corrected chi connectivity index (χ0v) is 16.6. The van der Waals surface area contributed by atoms with Gasteiger partial charge in [-0.25, -0.2) is 4.98 Å². The molecule has 7 heteroatoms. The maximum atomic E-state index is 12.6. The van der Waals surface area contributed by atoms with Crippen LogP contribution < -0.4 is 4.90 Å². The van der Waals surface area contributed by atoms with Gasteiger partial charge in [-0.05, 0) is 44.2 Å². The Bertz CT molecular complexity index is 965. The molecule has 28 heavy (non-hydrogen) atoms. The fourth-order valence-corrected chi connectivity index (χ4v) is 3.61. The normalized spacial score (nSPS) is 14.5. The average molecular weight is 379 g/mol. The lowest BCUT2D eigenvalue weighted by Crippen LogP contribution is -2.49. The third-order valence-corrected chi connectivity index (χ3v) is 5.16. The van der Waals surface area contributed by atoms with Crippen LogP contribution in [0.1, 0.15) is 17.3 Å². The van der Waals surface area contributed by atoms with E-state index in [4.69, 9.17) is 4.42 Å². The molecule has 0 bridgehead atoms. The maximum Gasteiger partial charge on any atom is 0.244 e. The average Bonchev–Trinajstić information content (AvgIpc) is 3.27. The van der Waals surface area contributed by atoms with Gasteiger partial charge in [-0.3, -0.25) is 9.48 Å². The first-order valence-electron chi connectivity index (χ1n) is 9.56. The lowest BCUT2D eigenvalue weighted by molar-refractivity contribution is -0.132. The molecular weight excluding hydrogens is 354 g/mol. The van der Waals surface area contributed by atoms with Gasteiger partial charge in [0.25, 0.3) is 0 Å². The van der Waals surface area contributed by atoms with Crippen LogP contribution >= 0.6 is 0 Å². The van der Waals surface area contributed by atoms with E-state index in [9.17, 15) is 4.79 Å². The summed E-state index contributed by atoms with van der Waals surface area (Å²) in [6.45, 7) is 9.17. The number of hydrogen-bond acceptors (Lipinski definition) is 5. The van der Waals surface area contributed by atoms with Gasteiger partial charge in [-0.1, -0.05) is 0 Å². The molecular formula is C21H25N5O2. The number of aryl methyl sites for hydroxylation is 3. The summed E-state index contributed by atoms with van der Waals surface area (Å²) in [7, 11) is 0. The number of rotatable bonds is 4. The van der Waals surface area contributed by atoms with Crippen molar-refractivity contribution in [3.8, 4) is 11.3 Å². The smallest absolute Gasteiger partial charge is 0.244 e. The van der Waals surface area contributed by atoms with Crippen LogP contribution in [0.2, 0.25) is 0 Å². The lowest BCUT2D eigenvalue weighted by atomic mass is 10.1. The Labute approximate surface area is 164 Å². The van der Waals surface area contributed by atoms with Crippen LogP contribution in [0.25, 0.3) is 11.3 Å². The molecule has 4 rings (SSSR count). The van der Waals surface area contributed by atoms with E-state index in [1.165, 1.54) is 0 Å². The number of benzene rings is 1. The van der Waals surface area contributed by atoms with Crippen LogP contribution in [-0.2, 0) is 11.3 Å². The molecule has 1 fully saturated rings. The van der Waals surface area contributed by atoms with Crippen LogP contribution in [0.15, 0.2) is 40.9 Å². The van der Waals surface area contributed by atoms with E-state index in [0.29, 0.717) is 12.4 Å².